The third-order valence-electron chi connectivity index (χ3n) is 3.68. The number of hydrogen-bond acceptors (Lipinski definition) is 3. The van der Waals surface area contributed by atoms with Gasteiger partial charge in [0.2, 0.25) is 0 Å². The molecule has 0 bridgehead atoms. The van der Waals surface area contributed by atoms with Gasteiger partial charge in [0.05, 0.1) is 18.7 Å². The van der Waals surface area contributed by atoms with Crippen LogP contribution in [0.15, 0.2) is 24.3 Å². The van der Waals surface area contributed by atoms with Crippen LogP contribution in [0.4, 0.5) is 4.79 Å². The first-order valence-electron chi connectivity index (χ1n) is 7.09. The summed E-state index contributed by atoms with van der Waals surface area (Å²) in [6.45, 7) is 2.58. The van der Waals surface area contributed by atoms with Crippen molar-refractivity contribution < 1.29 is 14.6 Å². The number of aliphatic hydroxyl groups is 1. The first-order valence-corrected chi connectivity index (χ1v) is 7.46. The first-order chi connectivity index (χ1) is 10.0. The first kappa shape index (κ1) is 15.9. The molecule has 1 unspecified atom stereocenters. The van der Waals surface area contributed by atoms with Crippen LogP contribution in [0.1, 0.15) is 19.8 Å². The topological polar surface area (TPSA) is 70.6 Å². The van der Waals surface area contributed by atoms with E-state index in [1.54, 1.807) is 24.3 Å². The van der Waals surface area contributed by atoms with E-state index >= 15 is 0 Å². The highest BCUT2D eigenvalue weighted by atomic mass is 35.5. The highest BCUT2D eigenvalue weighted by molar-refractivity contribution is 6.30. The van der Waals surface area contributed by atoms with E-state index in [2.05, 4.69) is 10.6 Å². The second-order valence-corrected chi connectivity index (χ2v) is 5.97. The van der Waals surface area contributed by atoms with Crippen molar-refractivity contribution >= 4 is 17.6 Å². The molecule has 1 atom stereocenters. The molecule has 116 valence electrons. The standard InChI is InChI=1S/C15H21ClN2O3/c1-15(10-19,11-2-3-11)18-14(20)17-8-9-21-13-6-4-12(16)5-7-13/h4-7,11,19H,2-3,8-10H2,1H3,(H2,17,18,20). The van der Waals surface area contributed by atoms with Crippen molar-refractivity contribution in [3.05, 3.63) is 29.3 Å². The molecule has 0 aliphatic heterocycles. The molecule has 2 amide bonds. The van der Waals surface area contributed by atoms with Gasteiger partial charge >= 0.3 is 6.03 Å². The monoisotopic (exact) mass is 312 g/mol. The summed E-state index contributed by atoms with van der Waals surface area (Å²) < 4.78 is 5.48. The van der Waals surface area contributed by atoms with Crippen molar-refractivity contribution in [2.45, 2.75) is 25.3 Å². The van der Waals surface area contributed by atoms with Gasteiger partial charge in [-0.15, -0.1) is 0 Å². The SMILES string of the molecule is CC(CO)(NC(=O)NCCOc1ccc(Cl)cc1)C1CC1. The smallest absolute Gasteiger partial charge is 0.315 e. The van der Waals surface area contributed by atoms with Gasteiger partial charge in [-0.2, -0.15) is 0 Å². The number of hydrogen-bond donors (Lipinski definition) is 3. The van der Waals surface area contributed by atoms with Crippen LogP contribution in [0, 0.1) is 5.92 Å². The van der Waals surface area contributed by atoms with Gasteiger partial charge in [-0.3, -0.25) is 0 Å². The molecular formula is C15H21ClN2O3. The average molecular weight is 313 g/mol. The van der Waals surface area contributed by atoms with Crippen LogP contribution in [0.25, 0.3) is 0 Å². The molecule has 1 aliphatic rings. The summed E-state index contributed by atoms with van der Waals surface area (Å²) in [5, 5.41) is 15.6. The molecule has 1 aromatic rings. The van der Waals surface area contributed by atoms with Crippen LogP contribution >= 0.6 is 11.6 Å². The Hall–Kier alpha value is -1.46. The zero-order valence-corrected chi connectivity index (χ0v) is 12.8. The Morgan fingerprint density at radius 1 is 1.43 bits per heavy atom. The highest BCUT2D eigenvalue weighted by Crippen LogP contribution is 2.39. The maximum atomic E-state index is 11.8. The summed E-state index contributed by atoms with van der Waals surface area (Å²) in [6.07, 6.45) is 2.11. The highest BCUT2D eigenvalue weighted by Gasteiger charge is 2.42. The molecule has 1 saturated carbocycles. The molecular weight excluding hydrogens is 292 g/mol. The van der Waals surface area contributed by atoms with E-state index in [4.69, 9.17) is 16.3 Å². The molecule has 1 aliphatic carbocycles. The Morgan fingerprint density at radius 3 is 2.67 bits per heavy atom. The lowest BCUT2D eigenvalue weighted by atomic mass is 9.97. The second-order valence-electron chi connectivity index (χ2n) is 5.53. The second kappa shape index (κ2) is 7.00. The lowest BCUT2D eigenvalue weighted by molar-refractivity contribution is 0.154. The lowest BCUT2D eigenvalue weighted by Crippen LogP contribution is -2.54. The minimum atomic E-state index is -0.527. The number of nitrogens with one attached hydrogen (secondary N) is 2. The number of amides is 2. The van der Waals surface area contributed by atoms with Crippen LogP contribution in [-0.2, 0) is 0 Å². The predicted molar refractivity (Wildman–Crippen MR) is 81.7 cm³/mol. The van der Waals surface area contributed by atoms with Gasteiger partial charge in [0, 0.05) is 5.02 Å². The van der Waals surface area contributed by atoms with Crippen molar-refractivity contribution in [2.24, 2.45) is 5.92 Å². The minimum Gasteiger partial charge on any atom is -0.492 e. The normalized spacial score (nSPS) is 16.9. The summed E-state index contributed by atoms with van der Waals surface area (Å²) in [7, 11) is 0. The molecule has 0 radical (unpaired) electrons. The van der Waals surface area contributed by atoms with Crippen LogP contribution in [0.3, 0.4) is 0 Å². The van der Waals surface area contributed by atoms with Gasteiger partial charge in [0.1, 0.15) is 12.4 Å². The summed E-state index contributed by atoms with van der Waals surface area (Å²) in [5.41, 5.74) is -0.527. The third-order valence-corrected chi connectivity index (χ3v) is 3.93. The number of benzene rings is 1. The lowest BCUT2D eigenvalue weighted by Gasteiger charge is -2.28. The van der Waals surface area contributed by atoms with Crippen LogP contribution in [0.5, 0.6) is 5.75 Å². The van der Waals surface area contributed by atoms with Crippen molar-refractivity contribution in [3.8, 4) is 5.75 Å². The largest absolute Gasteiger partial charge is 0.492 e. The Labute approximate surface area is 129 Å². The molecule has 1 fully saturated rings. The van der Waals surface area contributed by atoms with Crippen molar-refractivity contribution in [2.75, 3.05) is 19.8 Å². The molecule has 0 heterocycles. The zero-order chi connectivity index (χ0) is 15.3. The summed E-state index contributed by atoms with van der Waals surface area (Å²) in [5.74, 6) is 1.08. The Bertz CT molecular complexity index is 476. The summed E-state index contributed by atoms with van der Waals surface area (Å²) >= 11 is 5.78. The maximum Gasteiger partial charge on any atom is 0.315 e. The van der Waals surface area contributed by atoms with Gasteiger partial charge < -0.3 is 20.5 Å². The Morgan fingerprint density at radius 2 is 2.10 bits per heavy atom. The van der Waals surface area contributed by atoms with Crippen LogP contribution in [-0.4, -0.2) is 36.4 Å². The predicted octanol–water partition coefficient (Wildman–Crippen LogP) is 2.18. The van der Waals surface area contributed by atoms with E-state index in [9.17, 15) is 9.90 Å². The third kappa shape index (κ3) is 4.79. The number of aliphatic hydroxyl groups excluding tert-OH is 1. The van der Waals surface area contributed by atoms with Crippen molar-refractivity contribution in [3.63, 3.8) is 0 Å². The van der Waals surface area contributed by atoms with E-state index in [1.165, 1.54) is 0 Å². The van der Waals surface area contributed by atoms with Gasteiger partial charge in [0.25, 0.3) is 0 Å². The molecule has 0 spiro atoms. The summed E-state index contributed by atoms with van der Waals surface area (Å²) in [6, 6.07) is 6.77. The molecule has 0 saturated heterocycles. The fourth-order valence-corrected chi connectivity index (χ4v) is 2.28. The number of ether oxygens (including phenoxy) is 1. The molecule has 6 heteroatoms. The summed E-state index contributed by atoms with van der Waals surface area (Å²) in [4.78, 5) is 11.8. The van der Waals surface area contributed by atoms with Gasteiger partial charge in [0.15, 0.2) is 0 Å². The van der Waals surface area contributed by atoms with Gasteiger partial charge in [-0.1, -0.05) is 11.6 Å². The fourth-order valence-electron chi connectivity index (χ4n) is 2.16. The number of rotatable bonds is 7. The van der Waals surface area contributed by atoms with E-state index < -0.39 is 5.54 Å². The van der Waals surface area contributed by atoms with E-state index in [-0.39, 0.29) is 12.6 Å². The van der Waals surface area contributed by atoms with Crippen LogP contribution in [0.2, 0.25) is 5.02 Å². The number of carbonyl (C=O) groups excluding carboxylic acids is 1. The maximum absolute atomic E-state index is 11.8. The zero-order valence-electron chi connectivity index (χ0n) is 12.1. The van der Waals surface area contributed by atoms with Gasteiger partial charge in [-0.05, 0) is 49.9 Å². The number of urea groups is 1. The van der Waals surface area contributed by atoms with E-state index in [0.717, 1.165) is 12.8 Å². The molecule has 21 heavy (non-hydrogen) atoms. The fraction of sp³-hybridized carbons (Fsp3) is 0.533. The Kier molecular flexibility index (Phi) is 5.31. The molecule has 1 aromatic carbocycles. The van der Waals surface area contributed by atoms with Crippen molar-refractivity contribution in [1.82, 2.24) is 10.6 Å². The van der Waals surface area contributed by atoms with Crippen LogP contribution < -0.4 is 15.4 Å². The quantitative estimate of drug-likeness (QED) is 0.676. The minimum absolute atomic E-state index is 0.0492. The number of carbonyl (C=O) groups is 1. The molecule has 3 N–H and O–H groups in total. The van der Waals surface area contributed by atoms with Gasteiger partial charge in [-0.25, -0.2) is 4.79 Å². The average Bonchev–Trinajstić information content (AvgIpc) is 3.30. The van der Waals surface area contributed by atoms with E-state index in [1.807, 2.05) is 6.92 Å². The number of halogens is 1. The Balaban J connectivity index is 1.66. The van der Waals surface area contributed by atoms with Crippen molar-refractivity contribution in [1.29, 1.82) is 0 Å². The molecule has 0 aromatic heterocycles. The molecule has 5 nitrogen and oxygen atoms in total. The van der Waals surface area contributed by atoms with E-state index in [0.29, 0.717) is 29.8 Å². The molecule has 2 rings (SSSR count).